The van der Waals surface area contributed by atoms with Gasteiger partial charge in [0.05, 0.1) is 18.2 Å². The number of ketones is 1. The molecule has 1 aliphatic heterocycles. The van der Waals surface area contributed by atoms with Crippen LogP contribution in [0.4, 0.5) is 10.8 Å². The smallest absolute Gasteiger partial charge is 0.301 e. The Labute approximate surface area is 196 Å². The highest BCUT2D eigenvalue weighted by Crippen LogP contribution is 2.43. The summed E-state index contributed by atoms with van der Waals surface area (Å²) in [5, 5.41) is 13.4. The van der Waals surface area contributed by atoms with Crippen molar-refractivity contribution >= 4 is 39.6 Å². The molecule has 0 aliphatic carbocycles. The predicted molar refractivity (Wildman–Crippen MR) is 130 cm³/mol. The number of rotatable bonds is 7. The molecule has 1 amide bonds. The Morgan fingerprint density at radius 3 is 2.58 bits per heavy atom. The van der Waals surface area contributed by atoms with Crippen molar-refractivity contribution in [2.75, 3.05) is 30.5 Å². The lowest BCUT2D eigenvalue weighted by atomic mass is 9.95. The lowest BCUT2D eigenvalue weighted by Gasteiger charge is -2.23. The van der Waals surface area contributed by atoms with E-state index in [1.165, 1.54) is 16.2 Å². The van der Waals surface area contributed by atoms with Crippen molar-refractivity contribution in [3.63, 3.8) is 0 Å². The van der Waals surface area contributed by atoms with Crippen molar-refractivity contribution in [1.29, 1.82) is 0 Å². The number of benzene rings is 2. The number of carbonyl (C=O) groups excluding carboxylic acids is 2. The molecule has 1 aromatic heterocycles. The van der Waals surface area contributed by atoms with Gasteiger partial charge in [0.25, 0.3) is 5.78 Å². The number of carbonyl (C=O) groups is 2. The van der Waals surface area contributed by atoms with Crippen LogP contribution < -0.4 is 14.5 Å². The molecule has 1 atom stereocenters. The predicted octanol–water partition coefficient (Wildman–Crippen LogP) is 4.62. The second-order valence-corrected chi connectivity index (χ2v) is 8.72. The SMILES string of the molecule is CCCOc1cccc(C(O)=C2C(=O)C(=O)N(c3nccs3)C2c2ccc(N(C)C)cc2)c1. The zero-order valence-corrected chi connectivity index (χ0v) is 19.5. The summed E-state index contributed by atoms with van der Waals surface area (Å²) in [6.07, 6.45) is 2.43. The van der Waals surface area contributed by atoms with Crippen LogP contribution in [0.3, 0.4) is 0 Å². The molecule has 1 fully saturated rings. The van der Waals surface area contributed by atoms with Gasteiger partial charge in [-0.2, -0.15) is 0 Å². The lowest BCUT2D eigenvalue weighted by molar-refractivity contribution is -0.132. The minimum atomic E-state index is -0.799. The van der Waals surface area contributed by atoms with E-state index in [0.717, 1.165) is 12.1 Å². The molecular formula is C25H25N3O4S. The molecule has 1 aliphatic rings. The van der Waals surface area contributed by atoms with Gasteiger partial charge in [-0.1, -0.05) is 31.2 Å². The largest absolute Gasteiger partial charge is 0.507 e. The topological polar surface area (TPSA) is 83.0 Å². The third kappa shape index (κ3) is 4.34. The highest BCUT2D eigenvalue weighted by atomic mass is 32.1. The number of anilines is 2. The van der Waals surface area contributed by atoms with Gasteiger partial charge in [-0.3, -0.25) is 14.5 Å². The molecule has 1 unspecified atom stereocenters. The average Bonchev–Trinajstić information content (AvgIpc) is 3.44. The Morgan fingerprint density at radius 1 is 1.18 bits per heavy atom. The van der Waals surface area contributed by atoms with Crippen molar-refractivity contribution in [1.82, 2.24) is 4.98 Å². The molecule has 0 radical (unpaired) electrons. The van der Waals surface area contributed by atoms with Crippen LogP contribution in [0.2, 0.25) is 0 Å². The van der Waals surface area contributed by atoms with Gasteiger partial charge in [0.15, 0.2) is 5.13 Å². The molecule has 1 N–H and O–H groups in total. The van der Waals surface area contributed by atoms with Crippen molar-refractivity contribution in [3.05, 3.63) is 76.8 Å². The zero-order valence-electron chi connectivity index (χ0n) is 18.7. The van der Waals surface area contributed by atoms with Gasteiger partial charge in [-0.15, -0.1) is 11.3 Å². The van der Waals surface area contributed by atoms with Gasteiger partial charge in [-0.05, 0) is 36.2 Å². The molecule has 2 heterocycles. The van der Waals surface area contributed by atoms with Gasteiger partial charge < -0.3 is 14.7 Å². The third-order valence-corrected chi connectivity index (χ3v) is 6.15. The Bertz CT molecular complexity index is 1190. The maximum absolute atomic E-state index is 13.2. The monoisotopic (exact) mass is 463 g/mol. The van der Waals surface area contributed by atoms with E-state index in [2.05, 4.69) is 4.98 Å². The van der Waals surface area contributed by atoms with Crippen LogP contribution in [-0.4, -0.2) is 42.5 Å². The fraction of sp³-hybridized carbons (Fsp3) is 0.240. The van der Waals surface area contributed by atoms with E-state index in [9.17, 15) is 14.7 Å². The molecule has 33 heavy (non-hydrogen) atoms. The van der Waals surface area contributed by atoms with Crippen LogP contribution in [-0.2, 0) is 9.59 Å². The molecule has 8 heteroatoms. The maximum atomic E-state index is 13.2. The summed E-state index contributed by atoms with van der Waals surface area (Å²) >= 11 is 1.26. The van der Waals surface area contributed by atoms with Gasteiger partial charge in [0.1, 0.15) is 11.5 Å². The van der Waals surface area contributed by atoms with Crippen LogP contribution in [0.1, 0.15) is 30.5 Å². The van der Waals surface area contributed by atoms with E-state index in [4.69, 9.17) is 4.74 Å². The maximum Gasteiger partial charge on any atom is 0.301 e. The Balaban J connectivity index is 1.85. The second kappa shape index (κ2) is 9.46. The molecule has 7 nitrogen and oxygen atoms in total. The molecule has 0 spiro atoms. The summed E-state index contributed by atoms with van der Waals surface area (Å²) in [5.74, 6) is -1.12. The van der Waals surface area contributed by atoms with Crippen molar-refractivity contribution < 1.29 is 19.4 Å². The third-order valence-electron chi connectivity index (χ3n) is 5.38. The molecule has 2 aromatic carbocycles. The molecule has 0 bridgehead atoms. The molecule has 3 aromatic rings. The average molecular weight is 464 g/mol. The van der Waals surface area contributed by atoms with Crippen molar-refractivity contribution in [2.45, 2.75) is 19.4 Å². The first-order chi connectivity index (χ1) is 15.9. The number of nitrogens with zero attached hydrogens (tertiary/aromatic N) is 3. The Morgan fingerprint density at radius 2 is 1.94 bits per heavy atom. The minimum Gasteiger partial charge on any atom is -0.507 e. The number of hydrogen-bond acceptors (Lipinski definition) is 7. The standard InChI is InChI=1S/C25H25N3O4S/c1-4-13-32-19-7-5-6-17(15-19)22(29)20-21(16-8-10-18(11-9-16)27(2)3)28(24(31)23(20)30)25-26-12-14-33-25/h5-12,14-15,21,29H,4,13H2,1-3H3. The van der Waals surface area contributed by atoms with Crippen LogP contribution >= 0.6 is 11.3 Å². The molecule has 4 rings (SSSR count). The first kappa shape index (κ1) is 22.5. The minimum absolute atomic E-state index is 0.0282. The van der Waals surface area contributed by atoms with Gasteiger partial charge >= 0.3 is 5.91 Å². The molecule has 170 valence electrons. The molecule has 1 saturated heterocycles. The fourth-order valence-electron chi connectivity index (χ4n) is 3.74. The fourth-order valence-corrected chi connectivity index (χ4v) is 4.41. The number of hydrogen-bond donors (Lipinski definition) is 1. The summed E-state index contributed by atoms with van der Waals surface area (Å²) < 4.78 is 5.67. The number of ether oxygens (including phenoxy) is 1. The first-order valence-corrected chi connectivity index (χ1v) is 11.5. The number of thiazole rings is 1. The number of aromatic nitrogens is 1. The number of amides is 1. The highest BCUT2D eigenvalue weighted by Gasteiger charge is 2.48. The van der Waals surface area contributed by atoms with Crippen molar-refractivity contribution in [3.8, 4) is 5.75 Å². The van der Waals surface area contributed by atoms with Crippen LogP contribution in [0.5, 0.6) is 5.75 Å². The highest BCUT2D eigenvalue weighted by molar-refractivity contribution is 7.14. The normalized spacial score (nSPS) is 17.4. The second-order valence-electron chi connectivity index (χ2n) is 7.85. The first-order valence-electron chi connectivity index (χ1n) is 10.6. The van der Waals surface area contributed by atoms with E-state index >= 15 is 0 Å². The zero-order chi connectivity index (χ0) is 23.5. The Hall–Kier alpha value is -3.65. The lowest BCUT2D eigenvalue weighted by Crippen LogP contribution is -2.29. The number of Topliss-reactive ketones (excluding diaryl/α,β-unsaturated/α-hetero) is 1. The van der Waals surface area contributed by atoms with E-state index < -0.39 is 17.7 Å². The van der Waals surface area contributed by atoms with Crippen LogP contribution in [0.25, 0.3) is 5.76 Å². The summed E-state index contributed by atoms with van der Waals surface area (Å²) in [4.78, 5) is 33.8. The van der Waals surface area contributed by atoms with E-state index in [-0.39, 0.29) is 11.3 Å². The van der Waals surface area contributed by atoms with Crippen LogP contribution in [0, 0.1) is 0 Å². The summed E-state index contributed by atoms with van der Waals surface area (Å²) in [6, 6.07) is 13.7. The van der Waals surface area contributed by atoms with Gasteiger partial charge in [0, 0.05) is 36.9 Å². The molecule has 0 saturated carbocycles. The van der Waals surface area contributed by atoms with Crippen molar-refractivity contribution in [2.24, 2.45) is 0 Å². The van der Waals surface area contributed by atoms with E-state index in [1.54, 1.807) is 35.8 Å². The van der Waals surface area contributed by atoms with Gasteiger partial charge in [-0.25, -0.2) is 4.98 Å². The summed E-state index contributed by atoms with van der Waals surface area (Å²) in [7, 11) is 3.87. The summed E-state index contributed by atoms with van der Waals surface area (Å²) in [6.45, 7) is 2.54. The number of aliphatic hydroxyl groups excluding tert-OH is 1. The Kier molecular flexibility index (Phi) is 6.46. The van der Waals surface area contributed by atoms with E-state index in [1.807, 2.05) is 50.2 Å². The van der Waals surface area contributed by atoms with E-state index in [0.29, 0.717) is 28.6 Å². The van der Waals surface area contributed by atoms with Gasteiger partial charge in [0.2, 0.25) is 0 Å². The quantitative estimate of drug-likeness (QED) is 0.313. The summed E-state index contributed by atoms with van der Waals surface area (Å²) in [5.41, 5.74) is 2.12. The number of aliphatic hydroxyl groups is 1. The van der Waals surface area contributed by atoms with Crippen LogP contribution in [0.15, 0.2) is 65.7 Å². The molecular weight excluding hydrogens is 438 g/mol.